The van der Waals surface area contributed by atoms with Gasteiger partial charge in [0.1, 0.15) is 12.1 Å². The first-order chi connectivity index (χ1) is 15.0. The second-order valence-corrected chi connectivity index (χ2v) is 7.17. The van der Waals surface area contributed by atoms with Gasteiger partial charge in [-0.05, 0) is 18.2 Å². The van der Waals surface area contributed by atoms with Gasteiger partial charge in [0.15, 0.2) is 11.0 Å². The zero-order valence-corrected chi connectivity index (χ0v) is 16.9. The van der Waals surface area contributed by atoms with E-state index < -0.39 is 5.82 Å². The number of carbonyl (C=O) groups excluding carboxylic acids is 2. The summed E-state index contributed by atoms with van der Waals surface area (Å²) in [7, 11) is 0. The normalized spacial score (nSPS) is 10.8. The molecule has 0 aliphatic heterocycles. The van der Waals surface area contributed by atoms with Crippen molar-refractivity contribution in [3.8, 4) is 22.9 Å². The molecule has 0 aliphatic carbocycles. The Morgan fingerprint density at radius 1 is 1.26 bits per heavy atom. The van der Waals surface area contributed by atoms with E-state index in [1.807, 2.05) is 0 Å². The quantitative estimate of drug-likeness (QED) is 0.395. The molecule has 11 nitrogen and oxygen atoms in total. The standard InChI is InChI=1S/C18H15FN8O3S/c1-9(28)22-10-2-3-11(12(19)6-10)13-7-31-18(23-13)24-14(29)4-5-15-25-17(27-30-15)16-20-8-21-26-16/h2-3,6-8H,4-5H2,1H3,(H,22,28)(H,20,21,26)(H,23,24,29). The van der Waals surface area contributed by atoms with E-state index in [2.05, 4.69) is 40.9 Å². The van der Waals surface area contributed by atoms with E-state index in [-0.39, 0.29) is 41.9 Å². The van der Waals surface area contributed by atoms with Crippen molar-refractivity contribution < 1.29 is 18.5 Å². The topological polar surface area (TPSA) is 152 Å². The monoisotopic (exact) mass is 442 g/mol. The SMILES string of the molecule is CC(=O)Nc1ccc(-c2csc(NC(=O)CCc3nc(-c4ncn[nH]4)no3)n2)c(F)c1. The second-order valence-electron chi connectivity index (χ2n) is 6.31. The molecule has 31 heavy (non-hydrogen) atoms. The Morgan fingerprint density at radius 2 is 2.13 bits per heavy atom. The molecule has 0 saturated carbocycles. The number of carbonyl (C=O) groups is 2. The van der Waals surface area contributed by atoms with E-state index in [0.29, 0.717) is 22.3 Å². The molecule has 0 bridgehead atoms. The van der Waals surface area contributed by atoms with Crippen LogP contribution < -0.4 is 10.6 Å². The number of aromatic nitrogens is 6. The van der Waals surface area contributed by atoms with E-state index in [1.165, 1.54) is 36.7 Å². The maximum Gasteiger partial charge on any atom is 0.239 e. The largest absolute Gasteiger partial charge is 0.339 e. The summed E-state index contributed by atoms with van der Waals surface area (Å²) in [6.07, 6.45) is 1.64. The molecule has 13 heteroatoms. The summed E-state index contributed by atoms with van der Waals surface area (Å²) < 4.78 is 19.5. The van der Waals surface area contributed by atoms with Crippen LogP contribution in [0.4, 0.5) is 15.2 Å². The number of anilines is 2. The molecule has 0 unspecified atom stereocenters. The van der Waals surface area contributed by atoms with Crippen LogP contribution in [-0.2, 0) is 16.0 Å². The third kappa shape index (κ3) is 4.95. The molecule has 0 radical (unpaired) electrons. The first-order valence-corrected chi connectivity index (χ1v) is 9.87. The second kappa shape index (κ2) is 8.79. The van der Waals surface area contributed by atoms with Crippen molar-refractivity contribution >= 4 is 34.0 Å². The smallest absolute Gasteiger partial charge is 0.239 e. The summed E-state index contributed by atoms with van der Waals surface area (Å²) in [5, 5.41) is 17.2. The lowest BCUT2D eigenvalue weighted by Crippen LogP contribution is -2.12. The van der Waals surface area contributed by atoms with Gasteiger partial charge >= 0.3 is 0 Å². The van der Waals surface area contributed by atoms with E-state index >= 15 is 0 Å². The van der Waals surface area contributed by atoms with Gasteiger partial charge in [0, 0.05) is 36.4 Å². The molecule has 158 valence electrons. The number of hydrogen-bond donors (Lipinski definition) is 3. The van der Waals surface area contributed by atoms with Crippen LogP contribution in [0, 0.1) is 5.82 Å². The van der Waals surface area contributed by atoms with Crippen molar-refractivity contribution in [2.24, 2.45) is 0 Å². The number of H-pyrrole nitrogens is 1. The van der Waals surface area contributed by atoms with Gasteiger partial charge in [-0.3, -0.25) is 14.7 Å². The molecule has 1 aromatic carbocycles. The van der Waals surface area contributed by atoms with Crippen molar-refractivity contribution in [2.75, 3.05) is 10.6 Å². The number of benzene rings is 1. The summed E-state index contributed by atoms with van der Waals surface area (Å²) >= 11 is 1.17. The highest BCUT2D eigenvalue weighted by Gasteiger charge is 2.15. The Labute approximate surface area is 178 Å². The average molecular weight is 442 g/mol. The van der Waals surface area contributed by atoms with Gasteiger partial charge in [0.2, 0.25) is 23.5 Å². The highest BCUT2D eigenvalue weighted by Crippen LogP contribution is 2.28. The summed E-state index contributed by atoms with van der Waals surface area (Å²) in [6.45, 7) is 1.34. The van der Waals surface area contributed by atoms with Crippen molar-refractivity contribution in [3.05, 3.63) is 41.6 Å². The van der Waals surface area contributed by atoms with E-state index in [4.69, 9.17) is 4.52 Å². The third-order valence-electron chi connectivity index (χ3n) is 3.98. The fraction of sp³-hybridized carbons (Fsp3) is 0.167. The fourth-order valence-electron chi connectivity index (χ4n) is 2.63. The van der Waals surface area contributed by atoms with Crippen LogP contribution in [0.3, 0.4) is 0 Å². The predicted molar refractivity (Wildman–Crippen MR) is 108 cm³/mol. The van der Waals surface area contributed by atoms with Crippen LogP contribution in [0.25, 0.3) is 22.9 Å². The van der Waals surface area contributed by atoms with Crippen LogP contribution in [0.2, 0.25) is 0 Å². The van der Waals surface area contributed by atoms with Crippen LogP contribution in [-0.4, -0.2) is 42.1 Å². The van der Waals surface area contributed by atoms with Crippen LogP contribution >= 0.6 is 11.3 Å². The number of amides is 2. The molecule has 2 amide bonds. The zero-order valence-electron chi connectivity index (χ0n) is 16.0. The summed E-state index contributed by atoms with van der Waals surface area (Å²) in [6, 6.07) is 4.31. The number of hydrogen-bond acceptors (Lipinski definition) is 9. The lowest BCUT2D eigenvalue weighted by Gasteiger charge is -2.05. The lowest BCUT2D eigenvalue weighted by molar-refractivity contribution is -0.116. The van der Waals surface area contributed by atoms with Gasteiger partial charge in [-0.1, -0.05) is 5.16 Å². The fourth-order valence-corrected chi connectivity index (χ4v) is 3.35. The minimum Gasteiger partial charge on any atom is -0.339 e. The molecule has 0 spiro atoms. The number of aryl methyl sites for hydroxylation is 1. The third-order valence-corrected chi connectivity index (χ3v) is 4.73. The molecule has 0 aliphatic rings. The van der Waals surface area contributed by atoms with Gasteiger partial charge in [0.25, 0.3) is 0 Å². The highest BCUT2D eigenvalue weighted by atomic mass is 32.1. The van der Waals surface area contributed by atoms with Gasteiger partial charge in [-0.2, -0.15) is 10.1 Å². The number of aromatic amines is 1. The van der Waals surface area contributed by atoms with Crippen molar-refractivity contribution in [3.63, 3.8) is 0 Å². The van der Waals surface area contributed by atoms with E-state index in [1.54, 1.807) is 11.4 Å². The van der Waals surface area contributed by atoms with Gasteiger partial charge < -0.3 is 15.2 Å². The van der Waals surface area contributed by atoms with Crippen molar-refractivity contribution in [1.29, 1.82) is 0 Å². The minimum absolute atomic E-state index is 0.0900. The predicted octanol–water partition coefficient (Wildman–Crippen LogP) is 2.65. The van der Waals surface area contributed by atoms with Crippen LogP contribution in [0.5, 0.6) is 0 Å². The van der Waals surface area contributed by atoms with Gasteiger partial charge in [-0.15, -0.1) is 11.3 Å². The minimum atomic E-state index is -0.534. The lowest BCUT2D eigenvalue weighted by atomic mass is 10.1. The van der Waals surface area contributed by atoms with E-state index in [0.717, 1.165) is 0 Å². The number of thiazole rings is 1. The van der Waals surface area contributed by atoms with Crippen molar-refractivity contribution in [1.82, 2.24) is 30.3 Å². The Kier molecular flexibility index (Phi) is 5.75. The van der Waals surface area contributed by atoms with Crippen molar-refractivity contribution in [2.45, 2.75) is 19.8 Å². The summed E-state index contributed by atoms with van der Waals surface area (Å²) in [5.74, 6) is -0.227. The molecule has 0 saturated heterocycles. The molecular weight excluding hydrogens is 427 g/mol. The molecule has 4 rings (SSSR count). The number of nitrogens with zero attached hydrogens (tertiary/aromatic N) is 5. The molecule has 3 N–H and O–H groups in total. The number of halogens is 1. The number of nitrogens with one attached hydrogen (secondary N) is 3. The van der Waals surface area contributed by atoms with Crippen LogP contribution in [0.1, 0.15) is 19.2 Å². The zero-order chi connectivity index (χ0) is 21.8. The molecular formula is C18H15FN8O3S. The Balaban J connectivity index is 1.34. The maximum atomic E-state index is 14.4. The molecule has 3 aromatic heterocycles. The molecule has 4 aromatic rings. The first-order valence-electron chi connectivity index (χ1n) is 8.99. The first kappa shape index (κ1) is 20.3. The summed E-state index contributed by atoms with van der Waals surface area (Å²) in [5.41, 5.74) is 0.988. The van der Waals surface area contributed by atoms with E-state index in [9.17, 15) is 14.0 Å². The molecule has 0 atom stereocenters. The highest BCUT2D eigenvalue weighted by molar-refractivity contribution is 7.14. The molecule has 3 heterocycles. The Hall–Kier alpha value is -4.00. The average Bonchev–Trinajstić information content (AvgIpc) is 3.47. The summed E-state index contributed by atoms with van der Waals surface area (Å²) in [4.78, 5) is 35.6. The maximum absolute atomic E-state index is 14.4. The Bertz CT molecular complexity index is 1220. The molecule has 0 fully saturated rings. The van der Waals surface area contributed by atoms with Gasteiger partial charge in [-0.25, -0.2) is 14.4 Å². The number of rotatable bonds is 7. The Morgan fingerprint density at radius 3 is 2.87 bits per heavy atom. The van der Waals surface area contributed by atoms with Crippen LogP contribution in [0.15, 0.2) is 34.4 Å². The van der Waals surface area contributed by atoms with Gasteiger partial charge in [0.05, 0.1) is 5.69 Å².